The Balaban J connectivity index is 1.85. The van der Waals surface area contributed by atoms with Gasteiger partial charge in [-0.25, -0.2) is 9.78 Å². The summed E-state index contributed by atoms with van der Waals surface area (Å²) in [4.78, 5) is 15.9. The van der Waals surface area contributed by atoms with Crippen LogP contribution >= 0.6 is 0 Å². The topological polar surface area (TPSA) is 56.2 Å². The van der Waals surface area contributed by atoms with Crippen LogP contribution in [-0.2, 0) is 11.2 Å². The van der Waals surface area contributed by atoms with Crippen LogP contribution in [-0.4, -0.2) is 27.8 Å². The second-order valence-electron chi connectivity index (χ2n) is 8.03. The molecule has 22 heavy (non-hydrogen) atoms. The van der Waals surface area contributed by atoms with Crippen LogP contribution < -0.4 is 5.32 Å². The minimum absolute atomic E-state index is 0.361. The molecule has 1 aliphatic rings. The van der Waals surface area contributed by atoms with Crippen LogP contribution in [0.1, 0.15) is 65.6 Å². The third-order valence-corrected chi connectivity index (χ3v) is 4.13. The summed E-state index contributed by atoms with van der Waals surface area (Å²) in [5.41, 5.74) is 1.14. The summed E-state index contributed by atoms with van der Waals surface area (Å²) >= 11 is 0. The van der Waals surface area contributed by atoms with Crippen molar-refractivity contribution in [3.63, 3.8) is 0 Å². The number of carbonyl (C=O) groups excluding carboxylic acids is 1. The molecule has 124 valence electrons. The van der Waals surface area contributed by atoms with Gasteiger partial charge in [-0.05, 0) is 45.4 Å². The molecule has 2 rings (SSSR count). The Kier molecular flexibility index (Phi) is 4.83. The number of hydrogen-bond acceptors (Lipinski definition) is 3. The Hall–Kier alpha value is -1.52. The second-order valence-corrected chi connectivity index (χ2v) is 8.03. The molecule has 1 unspecified atom stereocenters. The molecule has 1 saturated carbocycles. The second kappa shape index (κ2) is 6.31. The smallest absolute Gasteiger partial charge is 0.407 e. The first-order valence-electron chi connectivity index (χ1n) is 8.14. The zero-order valence-corrected chi connectivity index (χ0v) is 14.5. The third kappa shape index (κ3) is 4.75. The molecule has 5 heteroatoms. The fourth-order valence-electron chi connectivity index (χ4n) is 3.10. The van der Waals surface area contributed by atoms with E-state index in [9.17, 15) is 4.79 Å². The van der Waals surface area contributed by atoms with Crippen molar-refractivity contribution in [3.05, 3.63) is 18.2 Å². The fourth-order valence-corrected chi connectivity index (χ4v) is 3.10. The molecule has 1 heterocycles. The van der Waals surface area contributed by atoms with E-state index in [1.165, 1.54) is 25.0 Å². The molecule has 0 saturated heterocycles. The standard InChI is InChI=1S/C17H29N3O2/c1-16(2,3)22-15(21)19-9-7-14-11-18-12-20(14)13-6-8-17(4,5)10-13/h11-13H,6-10H2,1-5H3,(H,19,21). The number of nitrogens with one attached hydrogen (secondary N) is 1. The number of imidazole rings is 1. The third-order valence-electron chi connectivity index (χ3n) is 4.13. The van der Waals surface area contributed by atoms with Gasteiger partial charge in [0.2, 0.25) is 0 Å². The molecule has 1 amide bonds. The molecule has 1 aliphatic carbocycles. The lowest BCUT2D eigenvalue weighted by Crippen LogP contribution is -2.33. The maximum Gasteiger partial charge on any atom is 0.407 e. The van der Waals surface area contributed by atoms with E-state index in [-0.39, 0.29) is 6.09 Å². The Labute approximate surface area is 133 Å². The van der Waals surface area contributed by atoms with Crippen LogP contribution in [0.15, 0.2) is 12.5 Å². The van der Waals surface area contributed by atoms with Crippen molar-refractivity contribution < 1.29 is 9.53 Å². The van der Waals surface area contributed by atoms with Gasteiger partial charge in [0.05, 0.1) is 6.33 Å². The number of alkyl carbamates (subject to hydrolysis) is 1. The van der Waals surface area contributed by atoms with Gasteiger partial charge in [-0.3, -0.25) is 0 Å². The van der Waals surface area contributed by atoms with Gasteiger partial charge in [-0.1, -0.05) is 13.8 Å². The molecule has 1 fully saturated rings. The average Bonchev–Trinajstić information content (AvgIpc) is 2.93. The molecule has 1 aromatic heterocycles. The van der Waals surface area contributed by atoms with Gasteiger partial charge in [0.25, 0.3) is 0 Å². The Morgan fingerprint density at radius 2 is 2.23 bits per heavy atom. The van der Waals surface area contributed by atoms with E-state index in [4.69, 9.17) is 4.74 Å². The highest BCUT2D eigenvalue weighted by molar-refractivity contribution is 5.67. The van der Waals surface area contributed by atoms with Gasteiger partial charge < -0.3 is 14.6 Å². The van der Waals surface area contributed by atoms with E-state index in [0.29, 0.717) is 18.0 Å². The summed E-state index contributed by atoms with van der Waals surface area (Å²) < 4.78 is 7.53. The highest BCUT2D eigenvalue weighted by atomic mass is 16.6. The number of rotatable bonds is 4. The number of carbonyl (C=O) groups is 1. The van der Waals surface area contributed by atoms with Crippen molar-refractivity contribution in [2.75, 3.05) is 6.54 Å². The molecule has 0 aromatic carbocycles. The Morgan fingerprint density at radius 1 is 1.50 bits per heavy atom. The number of hydrogen-bond donors (Lipinski definition) is 1. The lowest BCUT2D eigenvalue weighted by Gasteiger charge is -2.20. The van der Waals surface area contributed by atoms with Gasteiger partial charge in [-0.2, -0.15) is 0 Å². The Bertz CT molecular complexity index is 514. The molecule has 1 N–H and O–H groups in total. The SMILES string of the molecule is CC1(C)CCC(n2cncc2CCNC(=O)OC(C)(C)C)C1. The first-order valence-corrected chi connectivity index (χ1v) is 8.14. The van der Waals surface area contributed by atoms with Crippen molar-refractivity contribution in [1.29, 1.82) is 0 Å². The van der Waals surface area contributed by atoms with Crippen LogP contribution in [0.25, 0.3) is 0 Å². The molecule has 0 spiro atoms. The summed E-state index contributed by atoms with van der Waals surface area (Å²) in [7, 11) is 0. The zero-order chi connectivity index (χ0) is 16.4. The first-order chi connectivity index (χ1) is 10.2. The highest BCUT2D eigenvalue weighted by Gasteiger charge is 2.32. The van der Waals surface area contributed by atoms with Crippen LogP contribution in [0.5, 0.6) is 0 Å². The molecule has 0 radical (unpaired) electrons. The van der Waals surface area contributed by atoms with E-state index in [0.717, 1.165) is 6.42 Å². The largest absolute Gasteiger partial charge is 0.444 e. The van der Waals surface area contributed by atoms with E-state index in [2.05, 4.69) is 28.7 Å². The minimum atomic E-state index is -0.457. The molecule has 5 nitrogen and oxygen atoms in total. The molecular weight excluding hydrogens is 278 g/mol. The van der Waals surface area contributed by atoms with Gasteiger partial charge in [0.15, 0.2) is 0 Å². The summed E-state index contributed by atoms with van der Waals surface area (Å²) in [6.07, 6.45) is 7.89. The van der Waals surface area contributed by atoms with Crippen molar-refractivity contribution in [1.82, 2.24) is 14.9 Å². The number of amides is 1. The summed E-state index contributed by atoms with van der Waals surface area (Å²) in [5.74, 6) is 0. The first kappa shape index (κ1) is 16.8. The average molecular weight is 307 g/mol. The van der Waals surface area contributed by atoms with E-state index in [1.54, 1.807) is 0 Å². The van der Waals surface area contributed by atoms with E-state index in [1.807, 2.05) is 33.3 Å². The monoisotopic (exact) mass is 307 g/mol. The molecule has 0 aliphatic heterocycles. The van der Waals surface area contributed by atoms with Gasteiger partial charge in [0, 0.05) is 30.9 Å². The maximum atomic E-state index is 11.7. The maximum absolute atomic E-state index is 11.7. The van der Waals surface area contributed by atoms with Gasteiger partial charge in [0.1, 0.15) is 5.60 Å². The lowest BCUT2D eigenvalue weighted by atomic mass is 9.92. The van der Waals surface area contributed by atoms with Crippen molar-refractivity contribution in [2.24, 2.45) is 5.41 Å². The van der Waals surface area contributed by atoms with Crippen LogP contribution in [0.3, 0.4) is 0 Å². The molecule has 0 bridgehead atoms. The van der Waals surface area contributed by atoms with Crippen molar-refractivity contribution in [3.8, 4) is 0 Å². The van der Waals surface area contributed by atoms with Crippen LogP contribution in [0.2, 0.25) is 0 Å². The van der Waals surface area contributed by atoms with E-state index < -0.39 is 5.60 Å². The van der Waals surface area contributed by atoms with Crippen LogP contribution in [0, 0.1) is 5.41 Å². The highest BCUT2D eigenvalue weighted by Crippen LogP contribution is 2.43. The Morgan fingerprint density at radius 3 is 2.82 bits per heavy atom. The molecule has 1 aromatic rings. The quantitative estimate of drug-likeness (QED) is 0.922. The summed E-state index contributed by atoms with van der Waals surface area (Å²) in [6, 6.07) is 0.536. The van der Waals surface area contributed by atoms with Gasteiger partial charge >= 0.3 is 6.09 Å². The lowest BCUT2D eigenvalue weighted by molar-refractivity contribution is 0.0528. The fraction of sp³-hybridized carbons (Fsp3) is 0.765. The van der Waals surface area contributed by atoms with Crippen molar-refractivity contribution >= 4 is 6.09 Å². The zero-order valence-electron chi connectivity index (χ0n) is 14.5. The predicted molar refractivity (Wildman–Crippen MR) is 86.8 cm³/mol. The summed E-state index contributed by atoms with van der Waals surface area (Å²) in [6.45, 7) is 10.8. The van der Waals surface area contributed by atoms with Gasteiger partial charge in [-0.15, -0.1) is 0 Å². The molecular formula is C17H29N3O2. The molecule has 1 atom stereocenters. The number of ether oxygens (including phenoxy) is 1. The van der Waals surface area contributed by atoms with Crippen LogP contribution in [0.4, 0.5) is 4.79 Å². The van der Waals surface area contributed by atoms with Crippen molar-refractivity contribution in [2.45, 2.75) is 71.9 Å². The summed E-state index contributed by atoms with van der Waals surface area (Å²) in [5, 5.41) is 2.81. The normalized spacial score (nSPS) is 20.9. The minimum Gasteiger partial charge on any atom is -0.444 e. The number of nitrogens with zero attached hydrogens (tertiary/aromatic N) is 2. The number of aromatic nitrogens is 2. The predicted octanol–water partition coefficient (Wildman–Crippen LogP) is 3.70. The van der Waals surface area contributed by atoms with E-state index >= 15 is 0 Å².